The summed E-state index contributed by atoms with van der Waals surface area (Å²) >= 11 is 1.40. The van der Waals surface area contributed by atoms with Crippen molar-refractivity contribution in [2.24, 2.45) is 0 Å². The maximum Gasteiger partial charge on any atom is 0.410 e. The molecule has 2 aliphatic rings. The van der Waals surface area contributed by atoms with Gasteiger partial charge in [-0.1, -0.05) is 73.9 Å². The Morgan fingerprint density at radius 3 is 2.51 bits per heavy atom. The predicted octanol–water partition coefficient (Wildman–Crippen LogP) is 6.60. The molecule has 5 rings (SSSR count). The number of benzene rings is 2. The molecule has 0 radical (unpaired) electrons. The van der Waals surface area contributed by atoms with E-state index in [1.807, 2.05) is 35.7 Å². The fraction of sp³-hybridized carbons (Fsp3) is 0.393. The third-order valence-electron chi connectivity index (χ3n) is 7.01. The van der Waals surface area contributed by atoms with Gasteiger partial charge < -0.3 is 10.1 Å². The van der Waals surface area contributed by atoms with Gasteiger partial charge in [0.2, 0.25) is 5.91 Å². The van der Waals surface area contributed by atoms with Gasteiger partial charge in [-0.3, -0.25) is 9.69 Å². The Morgan fingerprint density at radius 2 is 1.74 bits per heavy atom. The molecule has 0 bridgehead atoms. The van der Waals surface area contributed by atoms with Crippen LogP contribution in [0.3, 0.4) is 0 Å². The molecule has 1 aliphatic heterocycles. The topological polar surface area (TPSA) is 71.5 Å². The number of thiazole rings is 1. The Hall–Kier alpha value is -3.19. The summed E-state index contributed by atoms with van der Waals surface area (Å²) < 4.78 is 5.45. The van der Waals surface area contributed by atoms with Gasteiger partial charge in [-0.05, 0) is 42.7 Å². The summed E-state index contributed by atoms with van der Waals surface area (Å²) in [5, 5.41) is 5.43. The zero-order valence-corrected chi connectivity index (χ0v) is 20.6. The first kappa shape index (κ1) is 23.5. The Labute approximate surface area is 210 Å². The Bertz CT molecular complexity index is 1140. The maximum absolute atomic E-state index is 13.0. The van der Waals surface area contributed by atoms with Crippen molar-refractivity contribution in [2.45, 2.75) is 63.5 Å². The lowest BCUT2D eigenvalue weighted by Crippen LogP contribution is -2.43. The van der Waals surface area contributed by atoms with Crippen LogP contribution in [0.2, 0.25) is 0 Å². The first-order chi connectivity index (χ1) is 17.2. The summed E-state index contributed by atoms with van der Waals surface area (Å²) in [6, 6.07) is 17.7. The minimum Gasteiger partial charge on any atom is -0.445 e. The van der Waals surface area contributed by atoms with Crippen molar-refractivity contribution in [2.75, 3.05) is 11.9 Å². The van der Waals surface area contributed by atoms with Gasteiger partial charge in [0, 0.05) is 17.5 Å². The third-order valence-corrected chi connectivity index (χ3v) is 7.77. The number of carbonyl (C=O) groups excluding carboxylic acids is 2. The van der Waals surface area contributed by atoms with E-state index in [0.29, 0.717) is 24.0 Å². The van der Waals surface area contributed by atoms with E-state index in [2.05, 4.69) is 34.6 Å². The molecular weight excluding hydrogens is 458 g/mol. The second kappa shape index (κ2) is 11.0. The van der Waals surface area contributed by atoms with Gasteiger partial charge in [-0.2, -0.15) is 0 Å². The van der Waals surface area contributed by atoms with Crippen molar-refractivity contribution >= 4 is 28.5 Å². The van der Waals surface area contributed by atoms with E-state index in [-0.39, 0.29) is 12.5 Å². The Balaban J connectivity index is 1.18. The van der Waals surface area contributed by atoms with Gasteiger partial charge >= 0.3 is 6.09 Å². The van der Waals surface area contributed by atoms with E-state index in [1.165, 1.54) is 53.9 Å². The number of likely N-dealkylation sites (tertiary alicyclic amines) is 1. The highest BCUT2D eigenvalue weighted by atomic mass is 32.1. The van der Waals surface area contributed by atoms with Crippen LogP contribution < -0.4 is 5.32 Å². The smallest absolute Gasteiger partial charge is 0.410 e. The first-order valence-corrected chi connectivity index (χ1v) is 13.4. The molecule has 2 heterocycles. The van der Waals surface area contributed by atoms with Gasteiger partial charge in [0.25, 0.3) is 0 Å². The average Bonchev–Trinajstić information content (AvgIpc) is 3.59. The number of hydrogen-bond donors (Lipinski definition) is 1. The lowest BCUT2D eigenvalue weighted by atomic mass is 9.84. The molecule has 0 spiro atoms. The maximum atomic E-state index is 13.0. The molecule has 1 saturated carbocycles. The number of nitrogens with zero attached hydrogens (tertiary/aromatic N) is 2. The zero-order valence-electron chi connectivity index (χ0n) is 19.8. The van der Waals surface area contributed by atoms with E-state index in [1.54, 1.807) is 0 Å². The van der Waals surface area contributed by atoms with Crippen LogP contribution in [0.25, 0.3) is 11.3 Å². The van der Waals surface area contributed by atoms with Gasteiger partial charge in [-0.25, -0.2) is 9.78 Å². The molecule has 6 nitrogen and oxygen atoms in total. The van der Waals surface area contributed by atoms with Crippen LogP contribution in [0, 0.1) is 0 Å². The molecular formula is C28H31N3O3S. The fourth-order valence-electron chi connectivity index (χ4n) is 5.07. The summed E-state index contributed by atoms with van der Waals surface area (Å²) in [7, 11) is 0. The van der Waals surface area contributed by atoms with Crippen molar-refractivity contribution in [1.29, 1.82) is 0 Å². The summed E-state index contributed by atoms with van der Waals surface area (Å²) in [6.07, 6.45) is 7.51. The van der Waals surface area contributed by atoms with Crippen LogP contribution >= 0.6 is 11.3 Å². The first-order valence-electron chi connectivity index (χ1n) is 12.5. The second-order valence-electron chi connectivity index (χ2n) is 9.38. The number of anilines is 1. The minimum atomic E-state index is -0.541. The Morgan fingerprint density at radius 1 is 0.971 bits per heavy atom. The summed E-state index contributed by atoms with van der Waals surface area (Å²) in [5.41, 5.74) is 4.24. The largest absolute Gasteiger partial charge is 0.445 e. The van der Waals surface area contributed by atoms with E-state index in [9.17, 15) is 9.59 Å². The van der Waals surface area contributed by atoms with Crippen LogP contribution in [0.5, 0.6) is 0 Å². The lowest BCUT2D eigenvalue weighted by Gasteiger charge is -2.22. The van der Waals surface area contributed by atoms with Crippen molar-refractivity contribution in [3.63, 3.8) is 0 Å². The molecule has 1 aromatic heterocycles. The van der Waals surface area contributed by atoms with Crippen LogP contribution in [-0.4, -0.2) is 34.5 Å². The van der Waals surface area contributed by atoms with Crippen LogP contribution in [0.4, 0.5) is 9.93 Å². The summed E-state index contributed by atoms with van der Waals surface area (Å²) in [6.45, 7) is 0.710. The quantitative estimate of drug-likeness (QED) is 0.424. The number of nitrogens with one attached hydrogen (secondary N) is 1. The number of ether oxygens (including phenoxy) is 1. The van der Waals surface area contributed by atoms with Gasteiger partial charge in [-0.15, -0.1) is 11.3 Å². The molecule has 0 unspecified atom stereocenters. The minimum absolute atomic E-state index is 0.194. The molecule has 182 valence electrons. The van der Waals surface area contributed by atoms with Crippen LogP contribution in [-0.2, 0) is 16.1 Å². The normalized spacial score (nSPS) is 18.4. The molecule has 2 amide bonds. The molecule has 2 aromatic carbocycles. The van der Waals surface area contributed by atoms with E-state index >= 15 is 0 Å². The number of aromatic nitrogens is 1. The highest BCUT2D eigenvalue weighted by molar-refractivity contribution is 7.14. The van der Waals surface area contributed by atoms with Gasteiger partial charge in [0.15, 0.2) is 5.13 Å². The van der Waals surface area contributed by atoms with Gasteiger partial charge in [0.05, 0.1) is 5.69 Å². The van der Waals surface area contributed by atoms with E-state index in [4.69, 9.17) is 4.74 Å². The SMILES string of the molecule is O=C(Nc1nc(-c2ccc(C3CCCCC3)cc2)cs1)[C@H]1CCCN1C(=O)OCc1ccccc1. The molecule has 7 heteroatoms. The van der Waals surface area contributed by atoms with Crippen LogP contribution in [0.15, 0.2) is 60.0 Å². The van der Waals surface area contributed by atoms with E-state index < -0.39 is 12.1 Å². The van der Waals surface area contributed by atoms with Crippen molar-refractivity contribution in [3.05, 3.63) is 71.1 Å². The number of hydrogen-bond acceptors (Lipinski definition) is 5. The molecule has 35 heavy (non-hydrogen) atoms. The monoisotopic (exact) mass is 489 g/mol. The second-order valence-corrected chi connectivity index (χ2v) is 10.2. The number of amides is 2. The average molecular weight is 490 g/mol. The van der Waals surface area contributed by atoms with Crippen molar-refractivity contribution in [1.82, 2.24) is 9.88 Å². The summed E-state index contributed by atoms with van der Waals surface area (Å²) in [4.78, 5) is 31.8. The van der Waals surface area contributed by atoms with Crippen molar-refractivity contribution < 1.29 is 14.3 Å². The summed E-state index contributed by atoms with van der Waals surface area (Å²) in [5.74, 6) is 0.463. The molecule has 1 saturated heterocycles. The molecule has 1 N–H and O–H groups in total. The molecule has 1 aliphatic carbocycles. The lowest BCUT2D eigenvalue weighted by molar-refractivity contribution is -0.120. The predicted molar refractivity (Wildman–Crippen MR) is 138 cm³/mol. The zero-order chi connectivity index (χ0) is 24.0. The Kier molecular flexibility index (Phi) is 7.42. The molecule has 2 fully saturated rings. The standard InChI is InChI=1S/C28H31N3O3S/c32-26(25-12-7-17-31(25)28(33)34-18-20-8-3-1-4-9-20)30-27-29-24(19-35-27)23-15-13-22(14-16-23)21-10-5-2-6-11-21/h1,3-4,8-9,13-16,19,21,25H,2,5-7,10-12,17-18H2,(H,29,30,32)/t25-/m1/s1. The molecule has 1 atom stereocenters. The fourth-order valence-corrected chi connectivity index (χ4v) is 5.80. The third kappa shape index (κ3) is 5.73. The highest BCUT2D eigenvalue weighted by Crippen LogP contribution is 2.34. The van der Waals surface area contributed by atoms with Gasteiger partial charge in [0.1, 0.15) is 12.6 Å². The number of carbonyl (C=O) groups is 2. The van der Waals surface area contributed by atoms with Crippen molar-refractivity contribution in [3.8, 4) is 11.3 Å². The van der Waals surface area contributed by atoms with E-state index in [0.717, 1.165) is 23.2 Å². The molecule has 3 aromatic rings. The highest BCUT2D eigenvalue weighted by Gasteiger charge is 2.35. The number of rotatable bonds is 6. The van der Waals surface area contributed by atoms with Crippen LogP contribution in [0.1, 0.15) is 62.0 Å².